The summed E-state index contributed by atoms with van der Waals surface area (Å²) in [4.78, 5) is 45.0. The summed E-state index contributed by atoms with van der Waals surface area (Å²) in [5, 5.41) is 8.27. The van der Waals surface area contributed by atoms with E-state index in [0.717, 1.165) is 27.7 Å². The van der Waals surface area contributed by atoms with Gasteiger partial charge < -0.3 is 20.1 Å². The van der Waals surface area contributed by atoms with E-state index < -0.39 is 22.9 Å². The quantitative estimate of drug-likeness (QED) is 0.261. The molecule has 4 rings (SSSR count). The lowest BCUT2D eigenvalue weighted by atomic mass is 10.0. The van der Waals surface area contributed by atoms with Gasteiger partial charge in [-0.3, -0.25) is 19.4 Å². The maximum Gasteiger partial charge on any atom is 0.308 e. The van der Waals surface area contributed by atoms with Gasteiger partial charge in [0.15, 0.2) is 5.75 Å². The van der Waals surface area contributed by atoms with Gasteiger partial charge in [-0.05, 0) is 56.0 Å². The summed E-state index contributed by atoms with van der Waals surface area (Å²) in [7, 11) is 0. The van der Waals surface area contributed by atoms with Crippen molar-refractivity contribution in [3.8, 4) is 5.75 Å². The van der Waals surface area contributed by atoms with Crippen molar-refractivity contribution >= 4 is 33.9 Å². The standard InChI is InChI=1S/C26H26N4O5/c1-4-34-21(31)13-20(30-22-23(32)24(33)25(22)35-5-2)16-6-8-18(9-7-16)29-26-19-14-27-11-10-17(19)12-15(3)28-26/h6-12,14,20,30H,4-5,13H2,1-3H3,(H,28,29)/t20-/m0/s1. The van der Waals surface area contributed by atoms with Crippen LogP contribution in [0.5, 0.6) is 5.75 Å². The highest BCUT2D eigenvalue weighted by atomic mass is 16.5. The third-order valence-electron chi connectivity index (χ3n) is 5.49. The molecule has 0 saturated carbocycles. The van der Waals surface area contributed by atoms with Gasteiger partial charge in [0.2, 0.25) is 0 Å². The molecule has 0 aliphatic carbocycles. The molecule has 0 saturated heterocycles. The molecule has 2 aromatic carbocycles. The molecule has 9 nitrogen and oxygen atoms in total. The molecule has 4 aromatic rings. The summed E-state index contributed by atoms with van der Waals surface area (Å²) in [6.07, 6.45) is 3.48. The van der Waals surface area contributed by atoms with Crippen molar-refractivity contribution < 1.29 is 14.3 Å². The van der Waals surface area contributed by atoms with Crippen LogP contribution in [0, 0.1) is 6.92 Å². The zero-order valence-corrected chi connectivity index (χ0v) is 19.8. The van der Waals surface area contributed by atoms with Crippen LogP contribution in [0.1, 0.15) is 37.6 Å². The molecular weight excluding hydrogens is 448 g/mol. The molecule has 0 fully saturated rings. The summed E-state index contributed by atoms with van der Waals surface area (Å²) >= 11 is 0. The third-order valence-corrected chi connectivity index (χ3v) is 5.49. The molecule has 2 N–H and O–H groups in total. The maximum absolute atomic E-state index is 12.2. The summed E-state index contributed by atoms with van der Waals surface area (Å²) in [5.74, 6) is 0.259. The number of hydrogen-bond acceptors (Lipinski definition) is 9. The number of nitrogens with zero attached hydrogens (tertiary/aromatic N) is 2. The Morgan fingerprint density at radius 1 is 1.06 bits per heavy atom. The average Bonchev–Trinajstić information content (AvgIpc) is 2.85. The van der Waals surface area contributed by atoms with Crippen molar-refractivity contribution in [1.29, 1.82) is 0 Å². The molecule has 9 heteroatoms. The first-order valence-electron chi connectivity index (χ1n) is 11.4. The molecule has 1 atom stereocenters. The second-order valence-electron chi connectivity index (χ2n) is 7.96. The Morgan fingerprint density at radius 3 is 2.54 bits per heavy atom. The summed E-state index contributed by atoms with van der Waals surface area (Å²) in [6.45, 7) is 5.87. The number of aromatic nitrogens is 2. The van der Waals surface area contributed by atoms with E-state index in [9.17, 15) is 14.4 Å². The van der Waals surface area contributed by atoms with Gasteiger partial charge >= 0.3 is 5.97 Å². The number of nitrogens with one attached hydrogen (secondary N) is 2. The molecule has 2 aromatic heterocycles. The lowest BCUT2D eigenvalue weighted by Crippen LogP contribution is -2.37. The average molecular weight is 475 g/mol. The summed E-state index contributed by atoms with van der Waals surface area (Å²) in [6, 6.07) is 10.7. The zero-order valence-electron chi connectivity index (χ0n) is 19.8. The number of anilines is 3. The van der Waals surface area contributed by atoms with Crippen LogP contribution in [0.3, 0.4) is 0 Å². The van der Waals surface area contributed by atoms with Crippen LogP contribution >= 0.6 is 0 Å². The molecule has 0 spiro atoms. The van der Waals surface area contributed by atoms with E-state index in [1.54, 1.807) is 26.2 Å². The van der Waals surface area contributed by atoms with Crippen LogP contribution in [0.2, 0.25) is 0 Å². The van der Waals surface area contributed by atoms with Crippen LogP contribution in [-0.2, 0) is 9.53 Å². The molecular formula is C26H26N4O5. The van der Waals surface area contributed by atoms with Gasteiger partial charge in [0.1, 0.15) is 11.5 Å². The topological polar surface area (TPSA) is 120 Å². The smallest absolute Gasteiger partial charge is 0.308 e. The number of aryl methyl sites for hydroxylation is 1. The van der Waals surface area contributed by atoms with E-state index in [1.807, 2.05) is 43.3 Å². The fraction of sp³-hybridized carbons (Fsp3) is 0.269. The number of benzene rings is 1. The SMILES string of the molecule is CCOC(=O)C[C@H](Nc1c(OCC)c(=O)c1=O)c1ccc(Nc2nc(C)cc3ccncc23)cc1. The van der Waals surface area contributed by atoms with Crippen molar-refractivity contribution in [2.24, 2.45) is 0 Å². The normalized spacial score (nSPS) is 11.9. The molecule has 0 aliphatic rings. The van der Waals surface area contributed by atoms with E-state index in [-0.39, 0.29) is 31.1 Å². The van der Waals surface area contributed by atoms with E-state index >= 15 is 0 Å². The Bertz CT molecular complexity index is 1420. The molecule has 0 radical (unpaired) electrons. The van der Waals surface area contributed by atoms with Gasteiger partial charge in [-0.15, -0.1) is 0 Å². The Morgan fingerprint density at radius 2 is 1.83 bits per heavy atom. The maximum atomic E-state index is 12.2. The minimum absolute atomic E-state index is 0.00402. The van der Waals surface area contributed by atoms with E-state index in [1.165, 1.54) is 0 Å². The largest absolute Gasteiger partial charge is 0.488 e. The highest BCUT2D eigenvalue weighted by Gasteiger charge is 2.27. The predicted molar refractivity (Wildman–Crippen MR) is 134 cm³/mol. The van der Waals surface area contributed by atoms with Crippen molar-refractivity contribution in [2.45, 2.75) is 33.2 Å². The first-order chi connectivity index (χ1) is 16.9. The first kappa shape index (κ1) is 23.9. The van der Waals surface area contributed by atoms with Crippen LogP contribution < -0.4 is 26.2 Å². The molecule has 180 valence electrons. The van der Waals surface area contributed by atoms with E-state index in [2.05, 4.69) is 20.6 Å². The second kappa shape index (κ2) is 10.3. The Kier molecular flexibility index (Phi) is 7.05. The monoisotopic (exact) mass is 474 g/mol. The number of rotatable bonds is 10. The number of carbonyl (C=O) groups is 1. The van der Waals surface area contributed by atoms with Crippen LogP contribution in [0.25, 0.3) is 10.8 Å². The third kappa shape index (κ3) is 5.13. The summed E-state index contributed by atoms with van der Waals surface area (Å²) < 4.78 is 10.4. The van der Waals surface area contributed by atoms with Crippen LogP contribution in [0.4, 0.5) is 17.2 Å². The number of ether oxygens (including phenoxy) is 2. The van der Waals surface area contributed by atoms with Gasteiger partial charge in [0.05, 0.1) is 25.7 Å². The van der Waals surface area contributed by atoms with Crippen LogP contribution in [-0.4, -0.2) is 29.2 Å². The highest BCUT2D eigenvalue weighted by Crippen LogP contribution is 2.29. The second-order valence-corrected chi connectivity index (χ2v) is 7.96. The van der Waals surface area contributed by atoms with Gasteiger partial charge in [-0.2, -0.15) is 0 Å². The van der Waals surface area contributed by atoms with Crippen molar-refractivity contribution in [2.75, 3.05) is 23.8 Å². The predicted octanol–water partition coefficient (Wildman–Crippen LogP) is 3.78. The fourth-order valence-electron chi connectivity index (χ4n) is 3.85. The minimum atomic E-state index is -0.670. The van der Waals surface area contributed by atoms with Gasteiger partial charge in [0, 0.05) is 29.2 Å². The van der Waals surface area contributed by atoms with Gasteiger partial charge in [-0.25, -0.2) is 4.98 Å². The fourth-order valence-corrected chi connectivity index (χ4v) is 3.85. The number of hydrogen-bond donors (Lipinski definition) is 2. The number of carbonyl (C=O) groups excluding carboxylic acids is 1. The van der Waals surface area contributed by atoms with Gasteiger partial charge in [-0.1, -0.05) is 12.1 Å². The molecule has 2 heterocycles. The van der Waals surface area contributed by atoms with Crippen molar-refractivity contribution in [1.82, 2.24) is 9.97 Å². The lowest BCUT2D eigenvalue weighted by Gasteiger charge is -2.22. The Balaban J connectivity index is 1.60. The van der Waals surface area contributed by atoms with Crippen molar-refractivity contribution in [3.63, 3.8) is 0 Å². The Hall–Kier alpha value is -4.27. The van der Waals surface area contributed by atoms with Gasteiger partial charge in [0.25, 0.3) is 10.9 Å². The van der Waals surface area contributed by atoms with E-state index in [0.29, 0.717) is 5.82 Å². The zero-order chi connectivity index (χ0) is 24.9. The molecule has 0 bridgehead atoms. The number of pyridine rings is 2. The molecule has 35 heavy (non-hydrogen) atoms. The highest BCUT2D eigenvalue weighted by molar-refractivity contribution is 5.92. The lowest BCUT2D eigenvalue weighted by molar-refractivity contribution is -0.143. The minimum Gasteiger partial charge on any atom is -0.488 e. The molecule has 0 amide bonds. The number of fused-ring (bicyclic) bond motifs is 1. The molecule has 0 unspecified atom stereocenters. The van der Waals surface area contributed by atoms with E-state index in [4.69, 9.17) is 9.47 Å². The molecule has 0 aliphatic heterocycles. The van der Waals surface area contributed by atoms with Crippen molar-refractivity contribution in [3.05, 3.63) is 80.5 Å². The first-order valence-corrected chi connectivity index (χ1v) is 11.4. The summed E-state index contributed by atoms with van der Waals surface area (Å²) in [5.41, 5.74) is 1.15. The number of esters is 1. The Labute approximate surface area is 201 Å². The van der Waals surface area contributed by atoms with Crippen LogP contribution in [0.15, 0.2) is 58.4 Å².